The number of rotatable bonds is 3. The van der Waals surface area contributed by atoms with E-state index in [1.54, 1.807) is 6.21 Å². The summed E-state index contributed by atoms with van der Waals surface area (Å²) in [6, 6.07) is 10.2. The first-order valence-electron chi connectivity index (χ1n) is 9.09. The number of hydrogen-bond donors (Lipinski definition) is 1. The van der Waals surface area contributed by atoms with Gasteiger partial charge in [0.1, 0.15) is 0 Å². The van der Waals surface area contributed by atoms with Crippen LogP contribution in [0.5, 0.6) is 0 Å². The maximum absolute atomic E-state index is 9.14. The number of benzene rings is 1. The van der Waals surface area contributed by atoms with E-state index in [0.717, 1.165) is 34.7 Å². The van der Waals surface area contributed by atoms with Gasteiger partial charge in [0, 0.05) is 17.2 Å². The van der Waals surface area contributed by atoms with E-state index in [1.165, 1.54) is 38.5 Å². The van der Waals surface area contributed by atoms with E-state index in [4.69, 9.17) is 10.3 Å². The van der Waals surface area contributed by atoms with Crippen LogP contribution in [-0.2, 0) is 5.41 Å². The summed E-state index contributed by atoms with van der Waals surface area (Å²) in [6.07, 6.45) is 11.6. The third-order valence-corrected chi connectivity index (χ3v) is 6.50. The smallest absolute Gasteiger partial charge is 0.0780 e. The zero-order chi connectivity index (χ0) is 16.1. The third-order valence-electron chi connectivity index (χ3n) is 6.50. The van der Waals surface area contributed by atoms with E-state index in [-0.39, 0.29) is 5.41 Å². The fourth-order valence-electron chi connectivity index (χ4n) is 6.07. The van der Waals surface area contributed by atoms with Crippen molar-refractivity contribution < 1.29 is 5.21 Å². The van der Waals surface area contributed by atoms with Crippen molar-refractivity contribution in [2.45, 2.75) is 43.9 Å². The summed E-state index contributed by atoms with van der Waals surface area (Å²) in [6.45, 7) is 0. The zero-order valence-electron chi connectivity index (χ0n) is 13.8. The second-order valence-corrected chi connectivity index (χ2v) is 8.16. The lowest BCUT2D eigenvalue weighted by Crippen LogP contribution is -2.49. The van der Waals surface area contributed by atoms with Crippen LogP contribution in [0.2, 0.25) is 0 Å². The van der Waals surface area contributed by atoms with E-state index in [2.05, 4.69) is 17.3 Å². The van der Waals surface area contributed by atoms with Gasteiger partial charge in [-0.05, 0) is 68.4 Å². The molecule has 0 radical (unpaired) electrons. The summed E-state index contributed by atoms with van der Waals surface area (Å²) in [5.41, 5.74) is 3.39. The lowest BCUT2D eigenvalue weighted by atomic mass is 9.48. The fourth-order valence-corrected chi connectivity index (χ4v) is 6.07. The van der Waals surface area contributed by atoms with E-state index in [9.17, 15) is 0 Å². The largest absolute Gasteiger partial charge is 0.411 e. The lowest BCUT2D eigenvalue weighted by molar-refractivity contribution is -0.00740. The molecule has 4 saturated carbocycles. The van der Waals surface area contributed by atoms with Crippen LogP contribution in [0.3, 0.4) is 0 Å². The molecule has 124 valence electrons. The Morgan fingerprint density at radius 2 is 1.67 bits per heavy atom. The molecule has 1 aromatic heterocycles. The highest BCUT2D eigenvalue weighted by molar-refractivity contribution is 5.81. The monoisotopic (exact) mass is 321 g/mol. The molecule has 0 unspecified atom stereocenters. The summed E-state index contributed by atoms with van der Waals surface area (Å²) < 4.78 is 1.95. The number of hydrogen-bond acceptors (Lipinski definition) is 3. The number of oxime groups is 1. The molecule has 1 aromatic carbocycles. The van der Waals surface area contributed by atoms with Gasteiger partial charge in [-0.2, -0.15) is 5.10 Å². The third kappa shape index (κ3) is 2.12. The topological polar surface area (TPSA) is 50.4 Å². The van der Waals surface area contributed by atoms with Crippen molar-refractivity contribution >= 4 is 6.21 Å². The van der Waals surface area contributed by atoms with Gasteiger partial charge in [-0.3, -0.25) is 0 Å². The Balaban J connectivity index is 1.61. The number of aromatic nitrogens is 2. The summed E-state index contributed by atoms with van der Waals surface area (Å²) in [4.78, 5) is 0. The van der Waals surface area contributed by atoms with Gasteiger partial charge in [0.15, 0.2) is 0 Å². The van der Waals surface area contributed by atoms with Crippen molar-refractivity contribution in [3.8, 4) is 5.69 Å². The molecule has 2 aromatic rings. The quantitative estimate of drug-likeness (QED) is 0.524. The minimum Gasteiger partial charge on any atom is -0.411 e. The Morgan fingerprint density at radius 1 is 1.04 bits per heavy atom. The fraction of sp³-hybridized carbons (Fsp3) is 0.500. The average molecular weight is 321 g/mol. The van der Waals surface area contributed by atoms with E-state index in [0.29, 0.717) is 0 Å². The Labute approximate surface area is 142 Å². The van der Waals surface area contributed by atoms with Crippen LogP contribution in [0.1, 0.15) is 49.8 Å². The van der Waals surface area contributed by atoms with Crippen molar-refractivity contribution in [2.75, 3.05) is 0 Å². The average Bonchev–Trinajstić information content (AvgIpc) is 3.00. The van der Waals surface area contributed by atoms with Crippen LogP contribution in [0.4, 0.5) is 0 Å². The second-order valence-electron chi connectivity index (χ2n) is 8.16. The number of nitrogens with zero attached hydrogens (tertiary/aromatic N) is 3. The molecular formula is C20H23N3O. The van der Waals surface area contributed by atoms with Gasteiger partial charge < -0.3 is 5.21 Å². The van der Waals surface area contributed by atoms with Crippen molar-refractivity contribution in [1.82, 2.24) is 9.78 Å². The molecule has 0 saturated heterocycles. The predicted molar refractivity (Wildman–Crippen MR) is 92.8 cm³/mol. The molecule has 0 aliphatic heterocycles. The second kappa shape index (κ2) is 5.20. The first-order chi connectivity index (χ1) is 11.8. The first kappa shape index (κ1) is 14.3. The van der Waals surface area contributed by atoms with Crippen LogP contribution in [-0.4, -0.2) is 21.2 Å². The first-order valence-corrected chi connectivity index (χ1v) is 9.09. The molecule has 0 atom stereocenters. The van der Waals surface area contributed by atoms with Crippen molar-refractivity contribution in [1.29, 1.82) is 0 Å². The van der Waals surface area contributed by atoms with Crippen LogP contribution in [0.25, 0.3) is 5.69 Å². The van der Waals surface area contributed by atoms with Gasteiger partial charge in [0.25, 0.3) is 0 Å². The van der Waals surface area contributed by atoms with E-state index in [1.807, 2.05) is 29.1 Å². The molecule has 4 nitrogen and oxygen atoms in total. The van der Waals surface area contributed by atoms with Gasteiger partial charge >= 0.3 is 0 Å². The van der Waals surface area contributed by atoms with Crippen molar-refractivity contribution in [3.63, 3.8) is 0 Å². The summed E-state index contributed by atoms with van der Waals surface area (Å²) >= 11 is 0. The van der Waals surface area contributed by atoms with Gasteiger partial charge in [-0.25, -0.2) is 4.68 Å². The normalized spacial score (nSPS) is 34.2. The Kier molecular flexibility index (Phi) is 3.09. The zero-order valence-corrected chi connectivity index (χ0v) is 13.8. The number of para-hydroxylation sites is 1. The molecule has 4 aliphatic carbocycles. The molecule has 1 N–H and O–H groups in total. The molecule has 4 fully saturated rings. The molecule has 4 aliphatic rings. The molecule has 4 bridgehead atoms. The van der Waals surface area contributed by atoms with Crippen LogP contribution in [0, 0.1) is 17.8 Å². The predicted octanol–water partition coefficient (Wildman–Crippen LogP) is 4.15. The van der Waals surface area contributed by atoms with Gasteiger partial charge in [-0.15, -0.1) is 0 Å². The Hall–Kier alpha value is -2.10. The lowest BCUT2D eigenvalue weighted by Gasteiger charge is -2.56. The van der Waals surface area contributed by atoms with Gasteiger partial charge in [-0.1, -0.05) is 23.4 Å². The Morgan fingerprint density at radius 3 is 2.25 bits per heavy atom. The van der Waals surface area contributed by atoms with Gasteiger partial charge in [0.05, 0.1) is 17.6 Å². The highest BCUT2D eigenvalue weighted by atomic mass is 16.4. The summed E-state index contributed by atoms with van der Waals surface area (Å²) in [5, 5.41) is 17.5. The van der Waals surface area contributed by atoms with Crippen LogP contribution in [0.15, 0.2) is 41.7 Å². The standard InChI is InChI=1S/C20H23N3O/c24-21-12-17-13-23(18-4-2-1-3-5-18)22-19(17)20-9-14-6-15(10-20)8-16(7-14)11-20/h1-5,12-16,24H,6-11H2. The molecule has 0 spiro atoms. The SMILES string of the molecule is ON=Cc1cn(-c2ccccc2)nc1C12CC3CC(CC(C3)C1)C2. The van der Waals surface area contributed by atoms with Crippen molar-refractivity contribution in [3.05, 3.63) is 47.8 Å². The highest BCUT2D eigenvalue weighted by Gasteiger charge is 2.53. The summed E-state index contributed by atoms with van der Waals surface area (Å²) in [5.74, 6) is 2.62. The van der Waals surface area contributed by atoms with Crippen molar-refractivity contribution in [2.24, 2.45) is 22.9 Å². The minimum absolute atomic E-state index is 0.200. The van der Waals surface area contributed by atoms with Gasteiger partial charge in [0.2, 0.25) is 0 Å². The molecular weight excluding hydrogens is 298 g/mol. The van der Waals surface area contributed by atoms with E-state index < -0.39 is 0 Å². The van der Waals surface area contributed by atoms with E-state index >= 15 is 0 Å². The molecule has 1 heterocycles. The molecule has 4 heteroatoms. The van der Waals surface area contributed by atoms with Crippen LogP contribution < -0.4 is 0 Å². The highest BCUT2D eigenvalue weighted by Crippen LogP contribution is 2.60. The maximum Gasteiger partial charge on any atom is 0.0780 e. The minimum atomic E-state index is 0.200. The molecule has 0 amide bonds. The molecule has 24 heavy (non-hydrogen) atoms. The maximum atomic E-state index is 9.14. The molecule has 6 rings (SSSR count). The Bertz CT molecular complexity index is 742. The van der Waals surface area contributed by atoms with Crippen LogP contribution >= 0.6 is 0 Å². The summed E-state index contributed by atoms with van der Waals surface area (Å²) in [7, 11) is 0.